The van der Waals surface area contributed by atoms with Crippen LogP contribution >= 0.6 is 11.3 Å². The van der Waals surface area contributed by atoms with Crippen LogP contribution in [0.3, 0.4) is 0 Å². The van der Waals surface area contributed by atoms with Crippen molar-refractivity contribution in [3.05, 3.63) is 87.1 Å². The first-order valence-corrected chi connectivity index (χ1v) is 10.4. The first kappa shape index (κ1) is 19.8. The lowest BCUT2D eigenvalue weighted by Gasteiger charge is -2.18. The Kier molecular flexibility index (Phi) is 5.63. The normalized spacial score (nSPS) is 12.4. The summed E-state index contributed by atoms with van der Waals surface area (Å²) in [6, 6.07) is 16.1. The molecule has 0 fully saturated rings. The number of nitrogens with one attached hydrogen (secondary N) is 1. The number of nitrogens with zero attached hydrogens (tertiary/aromatic N) is 1. The van der Waals surface area contributed by atoms with Crippen LogP contribution in [-0.4, -0.2) is 31.4 Å². The molecule has 1 aromatic heterocycles. The summed E-state index contributed by atoms with van der Waals surface area (Å²) >= 11 is 1.40. The number of carbonyl (C=O) groups is 3. The van der Waals surface area contributed by atoms with Gasteiger partial charge in [-0.1, -0.05) is 18.2 Å². The van der Waals surface area contributed by atoms with Gasteiger partial charge in [-0.3, -0.25) is 9.59 Å². The second kappa shape index (κ2) is 8.51. The number of hydrogen-bond donors (Lipinski definition) is 1. The Bertz CT molecular complexity index is 1090. The second-order valence-corrected chi connectivity index (χ2v) is 7.85. The molecule has 4 rings (SSSR count). The molecule has 0 saturated heterocycles. The monoisotopic (exact) mass is 420 g/mol. The highest BCUT2D eigenvalue weighted by Crippen LogP contribution is 2.30. The molecule has 0 atom stereocenters. The third-order valence-corrected chi connectivity index (χ3v) is 5.91. The van der Waals surface area contributed by atoms with Crippen molar-refractivity contribution in [1.29, 1.82) is 0 Å². The summed E-state index contributed by atoms with van der Waals surface area (Å²) in [5.74, 6) is -0.580. The fourth-order valence-electron chi connectivity index (χ4n) is 3.46. The number of benzene rings is 2. The number of amides is 2. The quantitative estimate of drug-likeness (QED) is 0.639. The Morgan fingerprint density at radius 3 is 2.53 bits per heavy atom. The van der Waals surface area contributed by atoms with Gasteiger partial charge < -0.3 is 15.0 Å². The maximum Gasteiger partial charge on any atom is 0.337 e. The highest BCUT2D eigenvalue weighted by Gasteiger charge is 2.26. The highest BCUT2D eigenvalue weighted by atomic mass is 32.1. The molecule has 0 unspecified atom stereocenters. The van der Waals surface area contributed by atoms with E-state index in [0.29, 0.717) is 35.5 Å². The average molecular weight is 420 g/mol. The molecule has 2 heterocycles. The molecule has 0 radical (unpaired) electrons. The molecule has 0 aliphatic carbocycles. The van der Waals surface area contributed by atoms with Gasteiger partial charge in [-0.15, -0.1) is 11.3 Å². The van der Waals surface area contributed by atoms with Crippen molar-refractivity contribution in [3.63, 3.8) is 0 Å². The van der Waals surface area contributed by atoms with Crippen LogP contribution in [0.25, 0.3) is 0 Å². The Labute approximate surface area is 178 Å². The molecule has 0 saturated carbocycles. The minimum atomic E-state index is -0.385. The molecule has 1 N–H and O–H groups in total. The summed E-state index contributed by atoms with van der Waals surface area (Å²) in [5.41, 5.74) is 3.76. The lowest BCUT2D eigenvalue weighted by Crippen LogP contribution is -2.29. The third kappa shape index (κ3) is 3.97. The van der Waals surface area contributed by atoms with E-state index in [-0.39, 0.29) is 17.8 Å². The fraction of sp³-hybridized carbons (Fsp3) is 0.174. The van der Waals surface area contributed by atoms with Crippen molar-refractivity contribution in [3.8, 4) is 0 Å². The largest absolute Gasteiger partial charge is 0.465 e. The van der Waals surface area contributed by atoms with Gasteiger partial charge in [0, 0.05) is 24.3 Å². The van der Waals surface area contributed by atoms with Crippen LogP contribution in [-0.2, 0) is 17.7 Å². The first-order valence-electron chi connectivity index (χ1n) is 9.50. The van der Waals surface area contributed by atoms with Gasteiger partial charge in [-0.2, -0.15) is 0 Å². The van der Waals surface area contributed by atoms with Crippen LogP contribution < -0.4 is 10.2 Å². The van der Waals surface area contributed by atoms with Crippen LogP contribution in [0, 0.1) is 0 Å². The number of anilines is 1. The van der Waals surface area contributed by atoms with E-state index in [1.807, 2.05) is 23.6 Å². The maximum atomic E-state index is 13.0. The summed E-state index contributed by atoms with van der Waals surface area (Å²) in [4.78, 5) is 39.1. The van der Waals surface area contributed by atoms with E-state index >= 15 is 0 Å². The van der Waals surface area contributed by atoms with Crippen molar-refractivity contribution in [2.24, 2.45) is 0 Å². The lowest BCUT2D eigenvalue weighted by molar-refractivity contribution is 0.0600. The average Bonchev–Trinajstić information content (AvgIpc) is 3.46. The van der Waals surface area contributed by atoms with Gasteiger partial charge in [0.05, 0.1) is 17.6 Å². The van der Waals surface area contributed by atoms with Crippen LogP contribution in [0.1, 0.15) is 41.5 Å². The van der Waals surface area contributed by atoms with Gasteiger partial charge in [-0.05, 0) is 59.3 Å². The Morgan fingerprint density at radius 2 is 1.83 bits per heavy atom. The van der Waals surface area contributed by atoms with Gasteiger partial charge in [0.25, 0.3) is 11.8 Å². The predicted octanol–water partition coefficient (Wildman–Crippen LogP) is 3.67. The van der Waals surface area contributed by atoms with Gasteiger partial charge in [0.1, 0.15) is 0 Å². The van der Waals surface area contributed by atoms with E-state index in [1.165, 1.54) is 18.4 Å². The SMILES string of the molecule is COC(=O)c1ccc2c(c1)CCN2C(=O)c1ccc(CNC(=O)c2cccs2)cc1. The third-order valence-electron chi connectivity index (χ3n) is 5.04. The molecule has 6 nitrogen and oxygen atoms in total. The van der Waals surface area contributed by atoms with Crippen molar-refractivity contribution < 1.29 is 19.1 Å². The van der Waals surface area contributed by atoms with Gasteiger partial charge in [0.2, 0.25) is 0 Å². The molecule has 1 aliphatic heterocycles. The van der Waals surface area contributed by atoms with Crippen molar-refractivity contribution in [2.45, 2.75) is 13.0 Å². The fourth-order valence-corrected chi connectivity index (χ4v) is 4.10. The Morgan fingerprint density at radius 1 is 1.07 bits per heavy atom. The molecule has 0 bridgehead atoms. The highest BCUT2D eigenvalue weighted by molar-refractivity contribution is 7.12. The van der Waals surface area contributed by atoms with Crippen LogP contribution in [0.15, 0.2) is 60.0 Å². The molecule has 7 heteroatoms. The number of ether oxygens (including phenoxy) is 1. The smallest absolute Gasteiger partial charge is 0.337 e. The first-order chi connectivity index (χ1) is 14.6. The van der Waals surface area contributed by atoms with E-state index in [0.717, 1.165) is 16.8 Å². The standard InChI is InChI=1S/C23H20N2O4S/c1-29-23(28)18-8-9-19-17(13-18)10-11-25(19)22(27)16-6-4-15(5-7-16)14-24-21(26)20-3-2-12-30-20/h2-9,12-13H,10-11,14H2,1H3,(H,24,26). The molecular weight excluding hydrogens is 400 g/mol. The zero-order valence-electron chi connectivity index (χ0n) is 16.4. The molecule has 30 heavy (non-hydrogen) atoms. The van der Waals surface area contributed by atoms with E-state index in [2.05, 4.69) is 5.32 Å². The second-order valence-electron chi connectivity index (χ2n) is 6.90. The van der Waals surface area contributed by atoms with Crippen LogP contribution in [0.5, 0.6) is 0 Å². The molecule has 3 aromatic rings. The molecule has 0 spiro atoms. The summed E-state index contributed by atoms with van der Waals surface area (Å²) < 4.78 is 4.76. The molecule has 152 valence electrons. The van der Waals surface area contributed by atoms with Gasteiger partial charge >= 0.3 is 5.97 Å². The Balaban J connectivity index is 1.42. The predicted molar refractivity (Wildman–Crippen MR) is 115 cm³/mol. The van der Waals surface area contributed by atoms with Gasteiger partial charge in [-0.25, -0.2) is 4.79 Å². The summed E-state index contributed by atoms with van der Waals surface area (Å²) in [7, 11) is 1.35. The minimum Gasteiger partial charge on any atom is -0.465 e. The number of esters is 1. The van der Waals surface area contributed by atoms with Crippen LogP contribution in [0.2, 0.25) is 0 Å². The van der Waals surface area contributed by atoms with Gasteiger partial charge in [0.15, 0.2) is 0 Å². The molecule has 2 amide bonds. The summed E-state index contributed by atoms with van der Waals surface area (Å²) in [6.07, 6.45) is 0.693. The molecule has 1 aliphatic rings. The van der Waals surface area contributed by atoms with E-state index in [4.69, 9.17) is 4.74 Å². The zero-order valence-corrected chi connectivity index (χ0v) is 17.2. The van der Waals surface area contributed by atoms with Crippen molar-refractivity contribution >= 4 is 34.8 Å². The zero-order chi connectivity index (χ0) is 21.1. The summed E-state index contributed by atoms with van der Waals surface area (Å²) in [5, 5.41) is 4.74. The number of fused-ring (bicyclic) bond motifs is 1. The van der Waals surface area contributed by atoms with E-state index in [1.54, 1.807) is 41.3 Å². The Hall–Kier alpha value is -3.45. The molecule has 2 aromatic carbocycles. The topological polar surface area (TPSA) is 75.7 Å². The number of carbonyl (C=O) groups excluding carboxylic acids is 3. The minimum absolute atomic E-state index is 0.0891. The van der Waals surface area contributed by atoms with Crippen molar-refractivity contribution in [1.82, 2.24) is 5.32 Å². The van der Waals surface area contributed by atoms with Crippen LogP contribution in [0.4, 0.5) is 5.69 Å². The molecular formula is C23H20N2O4S. The summed E-state index contributed by atoms with van der Waals surface area (Å²) in [6.45, 7) is 0.964. The number of thiophene rings is 1. The number of methoxy groups -OCH3 is 1. The number of hydrogen-bond acceptors (Lipinski definition) is 5. The van der Waals surface area contributed by atoms with Crippen molar-refractivity contribution in [2.75, 3.05) is 18.6 Å². The van der Waals surface area contributed by atoms with E-state index < -0.39 is 0 Å². The maximum absolute atomic E-state index is 13.0. The number of rotatable bonds is 5. The lowest BCUT2D eigenvalue weighted by atomic mass is 10.1. The van der Waals surface area contributed by atoms with E-state index in [9.17, 15) is 14.4 Å².